The van der Waals surface area contributed by atoms with E-state index in [4.69, 9.17) is 4.74 Å². The zero-order valence-electron chi connectivity index (χ0n) is 15.0. The van der Waals surface area contributed by atoms with Crippen molar-refractivity contribution < 1.29 is 31.1 Å². The number of ether oxygens (including phenoxy) is 2. The number of rotatable bonds is 8. The molecule has 1 aromatic carbocycles. The van der Waals surface area contributed by atoms with Crippen molar-refractivity contribution in [2.75, 3.05) is 18.4 Å². The highest BCUT2D eigenvalue weighted by Gasteiger charge is 2.22. The Balaban J connectivity index is 1.86. The van der Waals surface area contributed by atoms with Crippen LogP contribution in [0.15, 0.2) is 53.6 Å². The van der Waals surface area contributed by atoms with E-state index in [1.807, 2.05) is 6.07 Å². The lowest BCUT2D eigenvalue weighted by molar-refractivity contribution is 0.0770. The number of pyridine rings is 1. The monoisotopic (exact) mass is 427 g/mol. The largest absolute Gasteiger partial charge is 0.479 e. The average Bonchev–Trinajstić information content (AvgIpc) is 3.19. The molecule has 0 saturated carbocycles. The minimum Gasteiger partial charge on any atom is -0.479 e. The molecular formula is C18H16F3N3O4S. The molecule has 3 aromatic rings. The molecule has 0 radical (unpaired) electrons. The molecule has 2 aromatic heterocycles. The predicted octanol–water partition coefficient (Wildman–Crippen LogP) is 3.67. The van der Waals surface area contributed by atoms with Crippen LogP contribution in [-0.2, 0) is 10.0 Å². The number of nitrogens with one attached hydrogen (secondary N) is 2. The number of sulfonamides is 1. The van der Waals surface area contributed by atoms with Gasteiger partial charge in [-0.1, -0.05) is 30.3 Å². The lowest BCUT2D eigenvalue weighted by Gasteiger charge is -2.13. The molecule has 2 heterocycles. The molecule has 0 spiro atoms. The molecule has 11 heteroatoms. The Kier molecular flexibility index (Phi) is 5.97. The summed E-state index contributed by atoms with van der Waals surface area (Å²) >= 11 is 0. The maximum Gasteiger partial charge on any atom is 0.272 e. The number of aromatic amines is 1. The predicted molar refractivity (Wildman–Crippen MR) is 99.3 cm³/mol. The number of methoxy groups -OCH3 is 1. The zero-order valence-corrected chi connectivity index (χ0v) is 15.8. The molecule has 0 aliphatic heterocycles. The SMILES string of the molecule is COc1nc(OCC(F)F)c(F)cc1NS(=O)(=O)c1c[nH]c(-c2ccccc2)c1. The molecule has 0 fully saturated rings. The van der Waals surface area contributed by atoms with Gasteiger partial charge in [-0.05, 0) is 11.6 Å². The van der Waals surface area contributed by atoms with Gasteiger partial charge in [-0.15, -0.1) is 0 Å². The van der Waals surface area contributed by atoms with Crippen molar-refractivity contribution in [1.82, 2.24) is 9.97 Å². The maximum atomic E-state index is 14.1. The van der Waals surface area contributed by atoms with Gasteiger partial charge in [0.25, 0.3) is 22.3 Å². The molecule has 0 bridgehead atoms. The Hall–Kier alpha value is -3.21. The molecular weight excluding hydrogens is 411 g/mol. The second-order valence-corrected chi connectivity index (χ2v) is 7.44. The van der Waals surface area contributed by atoms with Gasteiger partial charge < -0.3 is 14.5 Å². The first-order valence-corrected chi connectivity index (χ1v) is 9.70. The molecule has 154 valence electrons. The van der Waals surface area contributed by atoms with Crippen molar-refractivity contribution in [3.63, 3.8) is 0 Å². The number of hydrogen-bond donors (Lipinski definition) is 2. The van der Waals surface area contributed by atoms with Gasteiger partial charge >= 0.3 is 0 Å². The van der Waals surface area contributed by atoms with Gasteiger partial charge in [0, 0.05) is 18.0 Å². The smallest absolute Gasteiger partial charge is 0.272 e. The van der Waals surface area contributed by atoms with E-state index in [2.05, 4.69) is 19.4 Å². The van der Waals surface area contributed by atoms with Crippen LogP contribution in [0.25, 0.3) is 11.3 Å². The van der Waals surface area contributed by atoms with Crippen LogP contribution in [0, 0.1) is 5.82 Å². The van der Waals surface area contributed by atoms with Gasteiger partial charge in [-0.25, -0.2) is 21.6 Å². The van der Waals surface area contributed by atoms with Crippen LogP contribution in [0.2, 0.25) is 0 Å². The number of aromatic nitrogens is 2. The first-order chi connectivity index (χ1) is 13.8. The molecule has 0 amide bonds. The van der Waals surface area contributed by atoms with Crippen molar-refractivity contribution in [3.8, 4) is 23.0 Å². The van der Waals surface area contributed by atoms with Crippen molar-refractivity contribution in [2.45, 2.75) is 11.3 Å². The quantitative estimate of drug-likeness (QED) is 0.572. The van der Waals surface area contributed by atoms with E-state index in [1.165, 1.54) is 19.4 Å². The number of anilines is 1. The summed E-state index contributed by atoms with van der Waals surface area (Å²) in [6.07, 6.45) is -1.55. The number of nitrogens with zero attached hydrogens (tertiary/aromatic N) is 1. The summed E-state index contributed by atoms with van der Waals surface area (Å²) in [5.74, 6) is -2.18. The summed E-state index contributed by atoms with van der Waals surface area (Å²) < 4.78 is 75.6. The molecule has 0 aliphatic carbocycles. The summed E-state index contributed by atoms with van der Waals surface area (Å²) in [5, 5.41) is 0. The summed E-state index contributed by atoms with van der Waals surface area (Å²) in [6.45, 7) is -1.07. The van der Waals surface area contributed by atoms with E-state index < -0.39 is 34.8 Å². The Labute approximate surface area is 164 Å². The fourth-order valence-corrected chi connectivity index (χ4v) is 3.49. The van der Waals surface area contributed by atoms with E-state index in [9.17, 15) is 21.6 Å². The first-order valence-electron chi connectivity index (χ1n) is 8.22. The molecule has 0 atom stereocenters. The van der Waals surface area contributed by atoms with Crippen LogP contribution >= 0.6 is 0 Å². The van der Waals surface area contributed by atoms with Crippen molar-refractivity contribution in [3.05, 3.63) is 54.5 Å². The lowest BCUT2D eigenvalue weighted by atomic mass is 10.2. The Bertz CT molecular complexity index is 1090. The standard InChI is InChI=1S/C18H16F3N3O4S/c1-27-18-15(8-13(19)17(23-18)28-10-16(20)21)24-29(25,26)12-7-14(22-9-12)11-5-3-2-4-6-11/h2-9,16,22,24H,10H2,1H3. The molecule has 0 aliphatic rings. The lowest BCUT2D eigenvalue weighted by Crippen LogP contribution is -2.15. The van der Waals surface area contributed by atoms with Crippen LogP contribution in [0.4, 0.5) is 18.9 Å². The van der Waals surface area contributed by atoms with Gasteiger partial charge in [0.15, 0.2) is 12.4 Å². The fourth-order valence-electron chi connectivity index (χ4n) is 2.45. The van der Waals surface area contributed by atoms with Crippen LogP contribution in [0.3, 0.4) is 0 Å². The zero-order chi connectivity index (χ0) is 21.0. The third kappa shape index (κ3) is 4.80. The summed E-state index contributed by atoms with van der Waals surface area (Å²) in [7, 11) is -2.95. The maximum absolute atomic E-state index is 14.1. The number of benzene rings is 1. The Morgan fingerprint density at radius 1 is 1.17 bits per heavy atom. The van der Waals surface area contributed by atoms with E-state index in [1.54, 1.807) is 24.3 Å². The normalized spacial score (nSPS) is 11.5. The number of halogens is 3. The third-order valence-corrected chi connectivity index (χ3v) is 5.09. The minimum absolute atomic E-state index is 0.100. The molecule has 7 nitrogen and oxygen atoms in total. The molecule has 3 rings (SSSR count). The number of alkyl halides is 2. The van der Waals surface area contributed by atoms with Gasteiger partial charge in [-0.3, -0.25) is 4.72 Å². The second-order valence-electron chi connectivity index (χ2n) is 5.75. The fraction of sp³-hybridized carbons (Fsp3) is 0.167. The van der Waals surface area contributed by atoms with Gasteiger partial charge in [0.1, 0.15) is 10.6 Å². The van der Waals surface area contributed by atoms with Crippen LogP contribution in [0.5, 0.6) is 11.8 Å². The molecule has 29 heavy (non-hydrogen) atoms. The Morgan fingerprint density at radius 3 is 2.55 bits per heavy atom. The van der Waals surface area contributed by atoms with Gasteiger partial charge in [0.05, 0.1) is 7.11 Å². The Morgan fingerprint density at radius 2 is 1.90 bits per heavy atom. The first kappa shape index (κ1) is 20.5. The van der Waals surface area contributed by atoms with Gasteiger partial charge in [-0.2, -0.15) is 4.98 Å². The minimum atomic E-state index is -4.12. The van der Waals surface area contributed by atoms with E-state index >= 15 is 0 Å². The second kappa shape index (κ2) is 8.43. The van der Waals surface area contributed by atoms with Crippen molar-refractivity contribution in [2.24, 2.45) is 0 Å². The van der Waals surface area contributed by atoms with E-state index in [-0.39, 0.29) is 16.5 Å². The number of H-pyrrole nitrogens is 1. The molecule has 2 N–H and O–H groups in total. The van der Waals surface area contributed by atoms with Crippen LogP contribution in [0.1, 0.15) is 0 Å². The topological polar surface area (TPSA) is 93.3 Å². The number of hydrogen-bond acceptors (Lipinski definition) is 5. The molecule has 0 saturated heterocycles. The van der Waals surface area contributed by atoms with Crippen molar-refractivity contribution in [1.29, 1.82) is 0 Å². The van der Waals surface area contributed by atoms with E-state index in [0.29, 0.717) is 5.69 Å². The van der Waals surface area contributed by atoms with Gasteiger partial charge in [0.2, 0.25) is 5.88 Å². The van der Waals surface area contributed by atoms with Crippen molar-refractivity contribution >= 4 is 15.7 Å². The van der Waals surface area contributed by atoms with E-state index in [0.717, 1.165) is 11.6 Å². The average molecular weight is 427 g/mol. The molecule has 0 unspecified atom stereocenters. The third-order valence-electron chi connectivity index (χ3n) is 3.74. The van der Waals surface area contributed by atoms with Crippen LogP contribution < -0.4 is 14.2 Å². The summed E-state index contributed by atoms with van der Waals surface area (Å²) in [4.78, 5) is 6.36. The summed E-state index contributed by atoms with van der Waals surface area (Å²) in [6, 6.07) is 11.2. The highest BCUT2D eigenvalue weighted by atomic mass is 32.2. The highest BCUT2D eigenvalue weighted by molar-refractivity contribution is 7.92. The highest BCUT2D eigenvalue weighted by Crippen LogP contribution is 2.31. The summed E-state index contributed by atoms with van der Waals surface area (Å²) in [5.41, 5.74) is 1.04. The van der Waals surface area contributed by atoms with Crippen LogP contribution in [-0.4, -0.2) is 38.5 Å².